The fourth-order valence-corrected chi connectivity index (χ4v) is 7.61. The van der Waals surface area contributed by atoms with Gasteiger partial charge in [-0.25, -0.2) is 12.7 Å². The summed E-state index contributed by atoms with van der Waals surface area (Å²) in [6, 6.07) is 37.5. The van der Waals surface area contributed by atoms with E-state index in [0.717, 1.165) is 27.8 Å². The summed E-state index contributed by atoms with van der Waals surface area (Å²) >= 11 is 6.30. The number of benzene rings is 5. The average Bonchev–Trinajstić information content (AvgIpc) is 3.04. The molecule has 5 aromatic carbocycles. The van der Waals surface area contributed by atoms with E-state index in [1.54, 1.807) is 32.4 Å². The molecule has 5 nitrogen and oxygen atoms in total. The lowest BCUT2D eigenvalue weighted by molar-refractivity contribution is 0.355. The molecule has 0 fully saturated rings. The van der Waals surface area contributed by atoms with Crippen LogP contribution < -0.4 is 13.8 Å². The van der Waals surface area contributed by atoms with Crippen LogP contribution in [0.2, 0.25) is 5.02 Å². The lowest BCUT2D eigenvalue weighted by Crippen LogP contribution is -2.51. The molecule has 0 N–H and O–H groups in total. The largest absolute Gasteiger partial charge is 0.493 e. The smallest absolute Gasteiger partial charge is 0.265 e. The number of hydrogen-bond acceptors (Lipinski definition) is 4. The predicted octanol–water partition coefficient (Wildman–Crippen LogP) is 8.25. The lowest BCUT2D eigenvalue weighted by Gasteiger charge is -2.47. The molecule has 216 valence electrons. The number of anilines is 1. The van der Waals surface area contributed by atoms with Gasteiger partial charge in [0.1, 0.15) is 5.54 Å². The third-order valence-electron chi connectivity index (χ3n) is 7.83. The molecular formula is C36H30ClNO4S. The van der Waals surface area contributed by atoms with Gasteiger partial charge in [0.15, 0.2) is 11.5 Å². The van der Waals surface area contributed by atoms with Crippen molar-refractivity contribution in [2.45, 2.75) is 17.4 Å². The Bertz CT molecular complexity index is 1870. The standard InChI is InChI=1S/C36H30ClNO4S/c1-25-14-20-30(21-15-25)43(39,40)38-33-23-35(42-3)34(41-2)22-31(33)32(26-16-18-29(37)19-17-26)24-36(38,27-10-6-4-7-11-27)28-12-8-5-9-13-28/h4-24H,1-3H3. The van der Waals surface area contributed by atoms with Gasteiger partial charge in [0.25, 0.3) is 10.0 Å². The van der Waals surface area contributed by atoms with E-state index in [2.05, 4.69) is 0 Å². The number of nitrogens with zero attached hydrogens (tertiary/aromatic N) is 1. The second kappa shape index (κ2) is 11.3. The minimum atomic E-state index is -4.18. The van der Waals surface area contributed by atoms with Crippen LogP contribution >= 0.6 is 11.6 Å². The van der Waals surface area contributed by atoms with Gasteiger partial charge in [0.2, 0.25) is 0 Å². The van der Waals surface area contributed by atoms with Gasteiger partial charge in [0.05, 0.1) is 24.8 Å². The summed E-state index contributed by atoms with van der Waals surface area (Å²) in [4.78, 5) is 0.179. The zero-order valence-corrected chi connectivity index (χ0v) is 25.6. The topological polar surface area (TPSA) is 55.8 Å². The first kappa shape index (κ1) is 28.6. The van der Waals surface area contributed by atoms with Crippen molar-refractivity contribution in [1.82, 2.24) is 0 Å². The number of aryl methyl sites for hydroxylation is 1. The van der Waals surface area contributed by atoms with Crippen LogP contribution in [0, 0.1) is 6.92 Å². The zero-order valence-electron chi connectivity index (χ0n) is 24.0. The normalized spacial score (nSPS) is 14.0. The van der Waals surface area contributed by atoms with Crippen molar-refractivity contribution in [3.8, 4) is 11.5 Å². The molecule has 0 radical (unpaired) electrons. The van der Waals surface area contributed by atoms with Crippen molar-refractivity contribution in [2.24, 2.45) is 0 Å². The van der Waals surface area contributed by atoms with Crippen LogP contribution in [-0.4, -0.2) is 22.6 Å². The summed E-state index contributed by atoms with van der Waals surface area (Å²) in [5, 5.41) is 0.605. The van der Waals surface area contributed by atoms with E-state index in [4.69, 9.17) is 21.1 Å². The van der Waals surface area contributed by atoms with Gasteiger partial charge < -0.3 is 9.47 Å². The molecule has 0 saturated carbocycles. The second-order valence-corrected chi connectivity index (χ2v) is 12.6. The maximum Gasteiger partial charge on any atom is 0.265 e. The van der Waals surface area contributed by atoms with Crippen LogP contribution in [0.25, 0.3) is 5.57 Å². The summed E-state index contributed by atoms with van der Waals surface area (Å²) in [6.07, 6.45) is 2.04. The van der Waals surface area contributed by atoms with E-state index in [9.17, 15) is 0 Å². The highest BCUT2D eigenvalue weighted by Gasteiger charge is 2.50. The number of fused-ring (bicyclic) bond motifs is 1. The Morgan fingerprint density at radius 2 is 1.23 bits per heavy atom. The predicted molar refractivity (Wildman–Crippen MR) is 173 cm³/mol. The molecule has 0 atom stereocenters. The SMILES string of the molecule is COc1cc2c(cc1OC)N(S(=O)(=O)c1ccc(C)cc1)C(c1ccccc1)(c1ccccc1)C=C2c1ccc(Cl)cc1. The second-order valence-electron chi connectivity index (χ2n) is 10.4. The van der Waals surface area contributed by atoms with E-state index in [0.29, 0.717) is 27.8 Å². The number of methoxy groups -OCH3 is 2. The molecule has 0 amide bonds. The molecule has 1 heterocycles. The van der Waals surface area contributed by atoms with Gasteiger partial charge in [-0.15, -0.1) is 0 Å². The fraction of sp³-hybridized carbons (Fsp3) is 0.111. The Balaban J connectivity index is 1.81. The van der Waals surface area contributed by atoms with Gasteiger partial charge in [-0.3, -0.25) is 0 Å². The third kappa shape index (κ3) is 4.86. The quantitative estimate of drug-likeness (QED) is 0.187. The molecule has 0 unspecified atom stereocenters. The van der Waals surface area contributed by atoms with Gasteiger partial charge in [0, 0.05) is 16.7 Å². The number of rotatable bonds is 7. The van der Waals surface area contributed by atoms with E-state index in [1.165, 1.54) is 4.31 Å². The van der Waals surface area contributed by atoms with E-state index < -0.39 is 15.6 Å². The van der Waals surface area contributed by atoms with Crippen LogP contribution in [0.4, 0.5) is 5.69 Å². The van der Waals surface area contributed by atoms with Crippen molar-refractivity contribution < 1.29 is 17.9 Å². The maximum atomic E-state index is 15.1. The summed E-state index contributed by atoms with van der Waals surface area (Å²) in [5.41, 5.74) is 4.08. The first-order valence-electron chi connectivity index (χ1n) is 13.8. The summed E-state index contributed by atoms with van der Waals surface area (Å²) in [5.74, 6) is 0.901. The van der Waals surface area contributed by atoms with Crippen LogP contribution in [0.5, 0.6) is 11.5 Å². The number of ether oxygens (including phenoxy) is 2. The molecule has 1 aliphatic heterocycles. The van der Waals surface area contributed by atoms with Crippen molar-refractivity contribution in [3.63, 3.8) is 0 Å². The van der Waals surface area contributed by atoms with Crippen molar-refractivity contribution in [1.29, 1.82) is 0 Å². The van der Waals surface area contributed by atoms with E-state index in [1.807, 2.05) is 116 Å². The Kier molecular flexibility index (Phi) is 7.50. The molecule has 43 heavy (non-hydrogen) atoms. The molecule has 0 aliphatic carbocycles. The van der Waals surface area contributed by atoms with Gasteiger partial charge in [-0.05, 0) is 65.6 Å². The molecule has 7 heteroatoms. The first-order chi connectivity index (χ1) is 20.8. The molecule has 0 bridgehead atoms. The monoisotopic (exact) mass is 607 g/mol. The lowest BCUT2D eigenvalue weighted by atomic mass is 9.76. The number of sulfonamides is 1. The average molecular weight is 608 g/mol. The van der Waals surface area contributed by atoms with Crippen molar-refractivity contribution >= 4 is 32.9 Å². The molecule has 0 spiro atoms. The molecule has 1 aliphatic rings. The van der Waals surface area contributed by atoms with Gasteiger partial charge in [-0.2, -0.15) is 0 Å². The Hall–Kier alpha value is -4.52. The van der Waals surface area contributed by atoms with Crippen LogP contribution in [0.15, 0.2) is 132 Å². The highest BCUT2D eigenvalue weighted by Crippen LogP contribution is 2.54. The minimum absolute atomic E-state index is 0.179. The molecule has 5 aromatic rings. The van der Waals surface area contributed by atoms with E-state index >= 15 is 8.42 Å². The van der Waals surface area contributed by atoms with Crippen LogP contribution in [0.1, 0.15) is 27.8 Å². The first-order valence-corrected chi connectivity index (χ1v) is 15.6. The number of halogens is 1. The molecule has 0 saturated heterocycles. The Morgan fingerprint density at radius 3 is 1.77 bits per heavy atom. The fourth-order valence-electron chi connectivity index (χ4n) is 5.74. The number of hydrogen-bond donors (Lipinski definition) is 0. The summed E-state index contributed by atoms with van der Waals surface area (Å²) in [7, 11) is -1.07. The summed E-state index contributed by atoms with van der Waals surface area (Å²) < 4.78 is 43.1. The molecular weight excluding hydrogens is 578 g/mol. The van der Waals surface area contributed by atoms with Gasteiger partial charge >= 0.3 is 0 Å². The summed E-state index contributed by atoms with van der Waals surface area (Å²) in [6.45, 7) is 1.93. The van der Waals surface area contributed by atoms with E-state index in [-0.39, 0.29) is 4.90 Å². The minimum Gasteiger partial charge on any atom is -0.493 e. The molecule has 0 aromatic heterocycles. The highest BCUT2D eigenvalue weighted by atomic mass is 35.5. The van der Waals surface area contributed by atoms with Crippen LogP contribution in [0.3, 0.4) is 0 Å². The third-order valence-corrected chi connectivity index (χ3v) is 9.91. The van der Waals surface area contributed by atoms with Gasteiger partial charge in [-0.1, -0.05) is 102 Å². The highest BCUT2D eigenvalue weighted by molar-refractivity contribution is 7.93. The zero-order chi connectivity index (χ0) is 30.2. The Labute approximate surface area is 257 Å². The Morgan fingerprint density at radius 1 is 0.698 bits per heavy atom. The van der Waals surface area contributed by atoms with Crippen LogP contribution in [-0.2, 0) is 15.6 Å². The van der Waals surface area contributed by atoms with Crippen molar-refractivity contribution in [3.05, 3.63) is 160 Å². The maximum absolute atomic E-state index is 15.1. The van der Waals surface area contributed by atoms with Crippen molar-refractivity contribution in [2.75, 3.05) is 18.5 Å². The molecule has 6 rings (SSSR count).